The fourth-order valence-corrected chi connectivity index (χ4v) is 2.29. The predicted molar refractivity (Wildman–Crippen MR) is 89.8 cm³/mol. The lowest BCUT2D eigenvalue weighted by Gasteiger charge is -2.04. The summed E-state index contributed by atoms with van der Waals surface area (Å²) in [5.41, 5.74) is 6.43. The Balaban J connectivity index is 1.95. The first-order chi connectivity index (χ1) is 11.4. The monoisotopic (exact) mass is 329 g/mol. The van der Waals surface area contributed by atoms with Crippen LogP contribution >= 0.6 is 0 Å². The van der Waals surface area contributed by atoms with E-state index < -0.39 is 4.92 Å². The summed E-state index contributed by atoms with van der Waals surface area (Å²) in [7, 11) is 0. The van der Waals surface area contributed by atoms with Crippen LogP contribution in [0.15, 0.2) is 29.4 Å². The molecule has 24 heavy (non-hydrogen) atoms. The lowest BCUT2D eigenvalue weighted by Crippen LogP contribution is -2.19. The lowest BCUT2D eigenvalue weighted by molar-refractivity contribution is -0.384. The van der Waals surface area contributed by atoms with Gasteiger partial charge >= 0.3 is 0 Å². The van der Waals surface area contributed by atoms with Crippen molar-refractivity contribution in [2.45, 2.75) is 33.6 Å². The highest BCUT2D eigenvalue weighted by Gasteiger charge is 2.10. The van der Waals surface area contributed by atoms with Gasteiger partial charge in [0.15, 0.2) is 0 Å². The Morgan fingerprint density at radius 3 is 2.79 bits per heavy atom. The van der Waals surface area contributed by atoms with Crippen LogP contribution in [-0.4, -0.2) is 26.7 Å². The van der Waals surface area contributed by atoms with E-state index in [-0.39, 0.29) is 18.0 Å². The zero-order valence-corrected chi connectivity index (χ0v) is 13.8. The molecule has 0 spiro atoms. The molecular formula is C16H19N5O3. The van der Waals surface area contributed by atoms with E-state index in [4.69, 9.17) is 0 Å². The van der Waals surface area contributed by atoms with Crippen molar-refractivity contribution in [2.24, 2.45) is 5.10 Å². The van der Waals surface area contributed by atoms with Crippen LogP contribution in [0, 0.1) is 24.0 Å². The van der Waals surface area contributed by atoms with Crippen LogP contribution in [0.2, 0.25) is 0 Å². The average Bonchev–Trinajstić information content (AvgIpc) is 2.89. The second-order valence-electron chi connectivity index (χ2n) is 5.45. The van der Waals surface area contributed by atoms with Crippen LogP contribution in [-0.2, 0) is 11.2 Å². The molecule has 0 bridgehead atoms. The topological polar surface area (TPSA) is 113 Å². The Kier molecular flexibility index (Phi) is 5.41. The lowest BCUT2D eigenvalue weighted by atomic mass is 10.1. The van der Waals surface area contributed by atoms with Gasteiger partial charge in [0.25, 0.3) is 5.69 Å². The summed E-state index contributed by atoms with van der Waals surface area (Å²) < 4.78 is 0. The number of aromatic amines is 1. The molecule has 0 radical (unpaired) electrons. The number of benzene rings is 1. The maximum Gasteiger partial charge on any atom is 0.270 e. The van der Waals surface area contributed by atoms with Crippen molar-refractivity contribution in [2.75, 3.05) is 0 Å². The van der Waals surface area contributed by atoms with Crippen LogP contribution in [0.3, 0.4) is 0 Å². The zero-order chi connectivity index (χ0) is 17.7. The number of amides is 1. The zero-order valence-electron chi connectivity index (χ0n) is 13.8. The fourth-order valence-electron chi connectivity index (χ4n) is 2.29. The number of nitro benzene ring substituents is 1. The van der Waals surface area contributed by atoms with Gasteiger partial charge in [-0.1, -0.05) is 12.1 Å². The number of hydrogen-bond acceptors (Lipinski definition) is 5. The number of nitrogens with zero attached hydrogens (tertiary/aromatic N) is 3. The van der Waals surface area contributed by atoms with Gasteiger partial charge < -0.3 is 0 Å². The Labute approximate surface area is 139 Å². The number of hydrazone groups is 1. The molecule has 2 aromatic rings. The van der Waals surface area contributed by atoms with E-state index in [0.717, 1.165) is 17.0 Å². The van der Waals surface area contributed by atoms with Crippen molar-refractivity contribution in [3.63, 3.8) is 0 Å². The van der Waals surface area contributed by atoms with E-state index in [1.165, 1.54) is 12.1 Å². The molecule has 0 atom stereocenters. The Bertz CT molecular complexity index is 775. The Hall–Kier alpha value is -3.03. The van der Waals surface area contributed by atoms with Gasteiger partial charge in [0.1, 0.15) is 0 Å². The number of carbonyl (C=O) groups excluding carboxylic acids is 1. The molecule has 1 heterocycles. The summed E-state index contributed by atoms with van der Waals surface area (Å²) in [6, 6.07) is 6.11. The number of non-ortho nitro benzene ring substituents is 1. The first-order valence-corrected chi connectivity index (χ1v) is 7.47. The fraction of sp³-hybridized carbons (Fsp3) is 0.312. The predicted octanol–water partition coefficient (Wildman–Crippen LogP) is 2.41. The average molecular weight is 329 g/mol. The van der Waals surface area contributed by atoms with Crippen molar-refractivity contribution >= 4 is 17.3 Å². The molecule has 1 aromatic heterocycles. The van der Waals surface area contributed by atoms with Gasteiger partial charge in [-0.3, -0.25) is 20.0 Å². The van der Waals surface area contributed by atoms with Crippen LogP contribution in [0.5, 0.6) is 0 Å². The van der Waals surface area contributed by atoms with E-state index in [1.807, 2.05) is 13.8 Å². The second-order valence-corrected chi connectivity index (χ2v) is 5.45. The van der Waals surface area contributed by atoms with Gasteiger partial charge in [-0.25, -0.2) is 5.43 Å². The summed E-state index contributed by atoms with van der Waals surface area (Å²) in [4.78, 5) is 22.2. The van der Waals surface area contributed by atoms with Crippen LogP contribution in [0.25, 0.3) is 0 Å². The van der Waals surface area contributed by atoms with Crippen molar-refractivity contribution in [3.8, 4) is 0 Å². The highest BCUT2D eigenvalue weighted by molar-refractivity contribution is 5.99. The third kappa shape index (κ3) is 4.25. The van der Waals surface area contributed by atoms with Crippen molar-refractivity contribution in [3.05, 3.63) is 56.9 Å². The van der Waals surface area contributed by atoms with Crippen molar-refractivity contribution < 1.29 is 9.72 Å². The number of nitrogens with one attached hydrogen (secondary N) is 2. The molecule has 0 saturated carbocycles. The third-order valence-corrected chi connectivity index (χ3v) is 3.71. The van der Waals surface area contributed by atoms with E-state index in [0.29, 0.717) is 17.7 Å². The van der Waals surface area contributed by atoms with E-state index in [1.54, 1.807) is 19.1 Å². The third-order valence-electron chi connectivity index (χ3n) is 3.71. The summed E-state index contributed by atoms with van der Waals surface area (Å²) in [5.74, 6) is -0.222. The first-order valence-electron chi connectivity index (χ1n) is 7.47. The van der Waals surface area contributed by atoms with Crippen LogP contribution in [0.4, 0.5) is 5.69 Å². The van der Waals surface area contributed by atoms with E-state index >= 15 is 0 Å². The number of H-pyrrole nitrogens is 1. The maximum absolute atomic E-state index is 11.9. The molecule has 2 N–H and O–H groups in total. The highest BCUT2D eigenvalue weighted by atomic mass is 16.6. The molecule has 8 heteroatoms. The van der Waals surface area contributed by atoms with Gasteiger partial charge in [0.2, 0.25) is 5.91 Å². The Morgan fingerprint density at radius 1 is 1.42 bits per heavy atom. The molecule has 126 valence electrons. The maximum atomic E-state index is 11.9. The van der Waals surface area contributed by atoms with E-state index in [9.17, 15) is 14.9 Å². The molecule has 0 aliphatic heterocycles. The van der Waals surface area contributed by atoms with E-state index in [2.05, 4.69) is 20.7 Å². The number of hydrogen-bond donors (Lipinski definition) is 2. The molecule has 8 nitrogen and oxygen atoms in total. The van der Waals surface area contributed by atoms with Gasteiger partial charge in [-0.05, 0) is 32.8 Å². The van der Waals surface area contributed by atoms with Gasteiger partial charge in [-0.15, -0.1) is 0 Å². The summed E-state index contributed by atoms with van der Waals surface area (Å²) in [5, 5.41) is 21.8. The minimum atomic E-state index is -0.467. The minimum Gasteiger partial charge on any atom is -0.282 e. The van der Waals surface area contributed by atoms with Crippen molar-refractivity contribution in [1.82, 2.24) is 15.6 Å². The Morgan fingerprint density at radius 2 is 2.17 bits per heavy atom. The summed E-state index contributed by atoms with van der Waals surface area (Å²) >= 11 is 0. The molecule has 0 unspecified atom stereocenters. The largest absolute Gasteiger partial charge is 0.282 e. The number of carbonyl (C=O) groups is 1. The quantitative estimate of drug-likeness (QED) is 0.481. The summed E-state index contributed by atoms with van der Waals surface area (Å²) in [6.45, 7) is 5.49. The molecule has 2 rings (SSSR count). The van der Waals surface area contributed by atoms with Crippen molar-refractivity contribution in [1.29, 1.82) is 0 Å². The highest BCUT2D eigenvalue weighted by Crippen LogP contribution is 2.14. The molecular weight excluding hydrogens is 310 g/mol. The number of rotatable bonds is 6. The molecule has 1 amide bonds. The SMILES string of the molecule is C/C(=N\NC(=O)CCc1c(C)n[nH]c1C)c1cccc([N+](=O)[O-])c1. The van der Waals surface area contributed by atoms with Gasteiger partial charge in [0, 0.05) is 29.8 Å². The molecule has 0 aliphatic carbocycles. The second kappa shape index (κ2) is 7.49. The van der Waals surface area contributed by atoms with Gasteiger partial charge in [0.05, 0.1) is 16.3 Å². The standard InChI is InChI=1S/C16H19N5O3/c1-10(13-5-4-6-14(9-13)21(23)24)17-20-16(22)8-7-15-11(2)18-19-12(15)3/h4-6,9H,7-8H2,1-3H3,(H,18,19)(H,20,22)/b17-10+. The van der Waals surface area contributed by atoms with Crippen LogP contribution < -0.4 is 5.43 Å². The summed E-state index contributed by atoms with van der Waals surface area (Å²) in [6.07, 6.45) is 0.859. The minimum absolute atomic E-state index is 0.0146. The van der Waals surface area contributed by atoms with Crippen LogP contribution in [0.1, 0.15) is 35.9 Å². The number of aromatic nitrogens is 2. The van der Waals surface area contributed by atoms with Gasteiger partial charge in [-0.2, -0.15) is 10.2 Å². The molecule has 0 fully saturated rings. The first kappa shape index (κ1) is 17.3. The number of aryl methyl sites for hydroxylation is 2. The normalized spacial score (nSPS) is 11.4. The number of nitro groups is 1. The molecule has 0 saturated heterocycles. The smallest absolute Gasteiger partial charge is 0.270 e. The molecule has 1 aromatic carbocycles. The molecule has 0 aliphatic rings.